The molecule has 0 bridgehead atoms. The van der Waals surface area contributed by atoms with Gasteiger partial charge in [-0.1, -0.05) is 30.3 Å². The molecule has 4 aromatic rings. The van der Waals surface area contributed by atoms with E-state index in [0.29, 0.717) is 11.1 Å². The first-order valence-electron chi connectivity index (χ1n) is 11.8. The first-order valence-corrected chi connectivity index (χ1v) is 11.8. The molecule has 0 aliphatic rings. The zero-order valence-electron chi connectivity index (χ0n) is 21.0. The molecule has 1 atom stereocenters. The maximum absolute atomic E-state index is 14.4. The average molecular weight is 546 g/mol. The predicted octanol–water partition coefficient (Wildman–Crippen LogP) is 6.60. The quantitative estimate of drug-likeness (QED) is 0.101. The van der Waals surface area contributed by atoms with Gasteiger partial charge in [0.2, 0.25) is 23.3 Å². The van der Waals surface area contributed by atoms with Crippen molar-refractivity contribution < 1.29 is 50.5 Å². The minimum absolute atomic E-state index is 0.0705. The number of carbonyl (C=O) groups excluding carboxylic acids is 2. The Labute approximate surface area is 219 Å². The molecule has 0 amide bonds. The molecular weight excluding hydrogens is 524 g/mol. The van der Waals surface area contributed by atoms with Crippen molar-refractivity contribution >= 4 is 22.9 Å². The molecule has 0 fully saturated rings. The number of fused-ring (bicyclic) bond motifs is 1. The Hall–Kier alpha value is -4.54. The van der Waals surface area contributed by atoms with Gasteiger partial charge >= 0.3 is 11.9 Å². The normalized spacial score (nSPS) is 11.8. The minimum Gasteiger partial charge on any atom is -0.488 e. The van der Waals surface area contributed by atoms with E-state index in [1.165, 1.54) is 25.1 Å². The topological polar surface area (TPSA) is 84.2 Å². The van der Waals surface area contributed by atoms with Crippen LogP contribution in [0.25, 0.3) is 22.3 Å². The van der Waals surface area contributed by atoms with Gasteiger partial charge in [-0.2, -0.15) is 17.6 Å². The Balaban J connectivity index is 1.63. The van der Waals surface area contributed by atoms with E-state index < -0.39 is 52.8 Å². The monoisotopic (exact) mass is 546 g/mol. The fourth-order valence-corrected chi connectivity index (χ4v) is 3.73. The van der Waals surface area contributed by atoms with Crippen LogP contribution in [0, 0.1) is 23.3 Å². The maximum atomic E-state index is 14.4. The third kappa shape index (κ3) is 5.38. The highest BCUT2D eigenvalue weighted by Gasteiger charge is 2.31. The summed E-state index contributed by atoms with van der Waals surface area (Å²) in [7, 11) is 0. The molecule has 39 heavy (non-hydrogen) atoms. The van der Waals surface area contributed by atoms with E-state index in [1.807, 2.05) is 0 Å². The fraction of sp³-hybridized carbons (Fsp3) is 0.214. The summed E-state index contributed by atoms with van der Waals surface area (Å²) in [4.78, 5) is 25.4. The number of rotatable bonds is 9. The maximum Gasteiger partial charge on any atom is 0.352 e. The summed E-state index contributed by atoms with van der Waals surface area (Å²) < 4.78 is 82.9. The molecule has 11 heteroatoms. The van der Waals surface area contributed by atoms with Gasteiger partial charge in [0.1, 0.15) is 22.7 Å². The van der Waals surface area contributed by atoms with Crippen LogP contribution in [0.5, 0.6) is 17.2 Å². The first-order chi connectivity index (χ1) is 18.7. The van der Waals surface area contributed by atoms with Crippen LogP contribution >= 0.6 is 0 Å². The standard InChI is InChI=1S/C28H22F4O7/c1-4-35-25-20(29)22(31)26(23(32)21(25)30)37-14(3)27(33)38-16-11-12-18-17(13-16)19(28(34)36-5-2)24(39-18)15-9-7-6-8-10-15/h6-14H,4-5H2,1-3H3. The smallest absolute Gasteiger partial charge is 0.352 e. The molecule has 0 saturated carbocycles. The second-order valence-corrected chi connectivity index (χ2v) is 8.08. The van der Waals surface area contributed by atoms with Crippen LogP contribution in [0.2, 0.25) is 0 Å². The summed E-state index contributed by atoms with van der Waals surface area (Å²) in [5.74, 6) is -11.7. The first kappa shape index (κ1) is 27.5. The third-order valence-electron chi connectivity index (χ3n) is 5.49. The number of halogens is 4. The number of esters is 2. The summed E-state index contributed by atoms with van der Waals surface area (Å²) in [6.45, 7) is 3.94. The largest absolute Gasteiger partial charge is 0.488 e. The van der Waals surface area contributed by atoms with Crippen molar-refractivity contribution in [3.63, 3.8) is 0 Å². The van der Waals surface area contributed by atoms with E-state index >= 15 is 0 Å². The summed E-state index contributed by atoms with van der Waals surface area (Å²) in [5.41, 5.74) is 1.01. The highest BCUT2D eigenvalue weighted by Crippen LogP contribution is 2.37. The molecule has 0 radical (unpaired) electrons. The van der Waals surface area contributed by atoms with Gasteiger partial charge in [0.25, 0.3) is 0 Å². The summed E-state index contributed by atoms with van der Waals surface area (Å²) in [5, 5.41) is 0.277. The van der Waals surface area contributed by atoms with Crippen LogP contribution in [0.4, 0.5) is 17.6 Å². The third-order valence-corrected chi connectivity index (χ3v) is 5.49. The Morgan fingerprint density at radius 2 is 1.51 bits per heavy atom. The fourth-order valence-electron chi connectivity index (χ4n) is 3.73. The van der Waals surface area contributed by atoms with Crippen LogP contribution < -0.4 is 14.2 Å². The van der Waals surface area contributed by atoms with Crippen molar-refractivity contribution in [1.82, 2.24) is 0 Å². The molecule has 204 valence electrons. The van der Waals surface area contributed by atoms with Crippen LogP contribution in [0.3, 0.4) is 0 Å². The van der Waals surface area contributed by atoms with E-state index in [1.54, 1.807) is 37.3 Å². The second-order valence-electron chi connectivity index (χ2n) is 8.08. The molecule has 1 aromatic heterocycles. The Bertz CT molecular complexity index is 1500. The Kier molecular flexibility index (Phi) is 8.08. The summed E-state index contributed by atoms with van der Waals surface area (Å²) >= 11 is 0. The molecule has 0 aliphatic heterocycles. The molecule has 3 aromatic carbocycles. The molecule has 0 spiro atoms. The molecular formula is C28H22F4O7. The van der Waals surface area contributed by atoms with Gasteiger partial charge in [-0.25, -0.2) is 9.59 Å². The highest BCUT2D eigenvalue weighted by atomic mass is 19.2. The SMILES string of the molecule is CCOC(=O)c1c(-c2ccccc2)oc2ccc(OC(=O)C(C)Oc3c(F)c(F)c(OCC)c(F)c3F)cc12. The lowest BCUT2D eigenvalue weighted by Crippen LogP contribution is -2.29. The number of furan rings is 1. The van der Waals surface area contributed by atoms with Gasteiger partial charge in [0, 0.05) is 10.9 Å². The number of ether oxygens (including phenoxy) is 4. The van der Waals surface area contributed by atoms with Crippen LogP contribution in [-0.4, -0.2) is 31.3 Å². The zero-order chi connectivity index (χ0) is 28.3. The molecule has 0 aliphatic carbocycles. The number of benzene rings is 3. The van der Waals surface area contributed by atoms with E-state index in [9.17, 15) is 27.2 Å². The van der Waals surface area contributed by atoms with Crippen molar-refractivity contribution in [2.45, 2.75) is 26.9 Å². The molecule has 0 saturated heterocycles. The van der Waals surface area contributed by atoms with Crippen LogP contribution in [0.1, 0.15) is 31.1 Å². The molecule has 0 N–H and O–H groups in total. The summed E-state index contributed by atoms with van der Waals surface area (Å²) in [6, 6.07) is 13.0. The molecule has 1 unspecified atom stereocenters. The van der Waals surface area contributed by atoms with Gasteiger partial charge in [0.05, 0.1) is 13.2 Å². The minimum atomic E-state index is -1.87. The van der Waals surface area contributed by atoms with Gasteiger partial charge in [-0.05, 0) is 39.0 Å². The van der Waals surface area contributed by atoms with Gasteiger partial charge in [-0.3, -0.25) is 0 Å². The number of hydrogen-bond acceptors (Lipinski definition) is 7. The summed E-state index contributed by atoms with van der Waals surface area (Å²) in [6.07, 6.45) is -1.70. The lowest BCUT2D eigenvalue weighted by atomic mass is 10.1. The van der Waals surface area contributed by atoms with Gasteiger partial charge in [0.15, 0.2) is 17.6 Å². The lowest BCUT2D eigenvalue weighted by Gasteiger charge is -2.17. The Morgan fingerprint density at radius 3 is 2.13 bits per heavy atom. The number of hydrogen-bond donors (Lipinski definition) is 0. The predicted molar refractivity (Wildman–Crippen MR) is 131 cm³/mol. The van der Waals surface area contributed by atoms with Crippen molar-refractivity contribution in [2.24, 2.45) is 0 Å². The molecule has 4 rings (SSSR count). The van der Waals surface area contributed by atoms with Crippen molar-refractivity contribution in [3.8, 4) is 28.6 Å². The van der Waals surface area contributed by atoms with Crippen molar-refractivity contribution in [1.29, 1.82) is 0 Å². The van der Waals surface area contributed by atoms with Crippen LogP contribution in [0.15, 0.2) is 52.9 Å². The van der Waals surface area contributed by atoms with Crippen molar-refractivity contribution in [2.75, 3.05) is 13.2 Å². The Morgan fingerprint density at radius 1 is 0.872 bits per heavy atom. The van der Waals surface area contributed by atoms with Gasteiger partial charge < -0.3 is 23.4 Å². The number of carbonyl (C=O) groups is 2. The highest BCUT2D eigenvalue weighted by molar-refractivity contribution is 6.09. The molecule has 7 nitrogen and oxygen atoms in total. The van der Waals surface area contributed by atoms with Crippen LogP contribution in [-0.2, 0) is 9.53 Å². The van der Waals surface area contributed by atoms with E-state index in [4.69, 9.17) is 18.6 Å². The zero-order valence-corrected chi connectivity index (χ0v) is 21.0. The average Bonchev–Trinajstić information content (AvgIpc) is 3.32. The van der Waals surface area contributed by atoms with E-state index in [-0.39, 0.29) is 35.7 Å². The van der Waals surface area contributed by atoms with Gasteiger partial charge in [-0.15, -0.1) is 0 Å². The van der Waals surface area contributed by atoms with Crippen molar-refractivity contribution in [3.05, 3.63) is 77.4 Å². The van der Waals surface area contributed by atoms with E-state index in [2.05, 4.69) is 4.74 Å². The second kappa shape index (κ2) is 11.5. The van der Waals surface area contributed by atoms with E-state index in [0.717, 1.165) is 6.92 Å². The molecule has 1 heterocycles. The lowest BCUT2D eigenvalue weighted by molar-refractivity contribution is -0.141.